The minimum Gasteiger partial charge on any atom is -0.493 e. The molecular weight excluding hydrogens is 368 g/mol. The van der Waals surface area contributed by atoms with Crippen LogP contribution in [0.15, 0.2) is 48.5 Å². The number of nitrogens with one attached hydrogen (secondary N) is 1. The highest BCUT2D eigenvalue weighted by Crippen LogP contribution is 2.27. The largest absolute Gasteiger partial charge is 0.493 e. The van der Waals surface area contributed by atoms with Crippen LogP contribution in [0.5, 0.6) is 5.75 Å². The predicted octanol–water partition coefficient (Wildman–Crippen LogP) is 2.25. The molecule has 1 unspecified atom stereocenters. The van der Waals surface area contributed by atoms with Gasteiger partial charge in [-0.1, -0.05) is 42.5 Å². The third kappa shape index (κ3) is 5.57. The summed E-state index contributed by atoms with van der Waals surface area (Å²) < 4.78 is 5.63. The maximum Gasteiger partial charge on any atom is 0.311 e. The number of aryl methyl sites for hydroxylation is 1. The number of hydrogen-bond donors (Lipinski definition) is 2. The second-order valence-electron chi connectivity index (χ2n) is 7.27. The molecule has 0 aliphatic carbocycles. The second-order valence-corrected chi connectivity index (χ2v) is 7.27. The molecule has 2 aromatic rings. The van der Waals surface area contributed by atoms with Gasteiger partial charge in [-0.25, -0.2) is 0 Å². The summed E-state index contributed by atoms with van der Waals surface area (Å²) in [7, 11) is 0. The van der Waals surface area contributed by atoms with Crippen molar-refractivity contribution >= 4 is 11.8 Å². The summed E-state index contributed by atoms with van der Waals surface area (Å²) in [5.74, 6) is -0.388. The fourth-order valence-corrected chi connectivity index (χ4v) is 3.48. The maximum atomic E-state index is 12.6. The lowest BCUT2D eigenvalue weighted by molar-refractivity contribution is -0.146. The monoisotopic (exact) mass is 396 g/mol. The van der Waals surface area contributed by atoms with E-state index in [0.717, 1.165) is 41.9 Å². The highest BCUT2D eigenvalue weighted by molar-refractivity contribution is 6.35. The van der Waals surface area contributed by atoms with Crippen molar-refractivity contribution in [3.8, 4) is 5.75 Å². The van der Waals surface area contributed by atoms with Crippen LogP contribution in [0.3, 0.4) is 0 Å². The van der Waals surface area contributed by atoms with Crippen LogP contribution in [0.2, 0.25) is 0 Å². The van der Waals surface area contributed by atoms with E-state index in [9.17, 15) is 14.7 Å². The van der Waals surface area contributed by atoms with Crippen molar-refractivity contribution in [3.05, 3.63) is 65.2 Å². The average molecular weight is 396 g/mol. The van der Waals surface area contributed by atoms with Crippen molar-refractivity contribution in [2.45, 2.75) is 32.2 Å². The lowest BCUT2D eigenvalue weighted by Crippen LogP contribution is -2.45. The van der Waals surface area contributed by atoms with Gasteiger partial charge in [-0.2, -0.15) is 0 Å². The Labute approximate surface area is 171 Å². The van der Waals surface area contributed by atoms with Crippen molar-refractivity contribution in [1.29, 1.82) is 0 Å². The number of fused-ring (bicyclic) bond motifs is 1. The van der Waals surface area contributed by atoms with E-state index in [0.29, 0.717) is 13.0 Å². The van der Waals surface area contributed by atoms with Gasteiger partial charge in [0.1, 0.15) is 5.75 Å². The number of carbonyl (C=O) groups excluding carboxylic acids is 2. The van der Waals surface area contributed by atoms with Gasteiger partial charge in [0.05, 0.1) is 19.3 Å². The normalized spacial score (nSPS) is 13.7. The Morgan fingerprint density at radius 3 is 2.72 bits per heavy atom. The Hall–Kier alpha value is -2.86. The van der Waals surface area contributed by atoms with E-state index in [1.165, 1.54) is 4.90 Å². The minimum atomic E-state index is -0.659. The summed E-state index contributed by atoms with van der Waals surface area (Å²) in [5, 5.41) is 12.1. The Kier molecular flexibility index (Phi) is 7.25. The van der Waals surface area contributed by atoms with Gasteiger partial charge in [0.15, 0.2) is 0 Å². The lowest BCUT2D eigenvalue weighted by atomic mass is 10.00. The third-order valence-electron chi connectivity index (χ3n) is 5.14. The molecule has 1 aliphatic heterocycles. The van der Waals surface area contributed by atoms with Crippen molar-refractivity contribution < 1.29 is 19.4 Å². The van der Waals surface area contributed by atoms with Crippen molar-refractivity contribution in [3.63, 3.8) is 0 Å². The zero-order valence-electron chi connectivity index (χ0n) is 16.8. The number of hydrogen-bond acceptors (Lipinski definition) is 4. The van der Waals surface area contributed by atoms with E-state index >= 15 is 0 Å². The average Bonchev–Trinajstić information content (AvgIpc) is 2.76. The van der Waals surface area contributed by atoms with E-state index < -0.39 is 11.8 Å². The highest BCUT2D eigenvalue weighted by atomic mass is 16.5. The topological polar surface area (TPSA) is 78.9 Å². The van der Waals surface area contributed by atoms with E-state index in [2.05, 4.69) is 5.32 Å². The number of nitrogens with zero attached hydrogens (tertiary/aromatic N) is 1. The van der Waals surface area contributed by atoms with Crippen molar-refractivity contribution in [2.24, 2.45) is 0 Å². The maximum absolute atomic E-state index is 12.6. The number of rotatable bonds is 7. The molecule has 0 aromatic heterocycles. The zero-order chi connectivity index (χ0) is 20.6. The first-order valence-electron chi connectivity index (χ1n) is 10.1. The highest BCUT2D eigenvalue weighted by Gasteiger charge is 2.23. The number of aliphatic hydroxyl groups is 1. The Morgan fingerprint density at radius 1 is 1.17 bits per heavy atom. The summed E-state index contributed by atoms with van der Waals surface area (Å²) in [6.07, 6.45) is 2.56. The molecule has 6 heteroatoms. The molecule has 1 heterocycles. The summed E-state index contributed by atoms with van der Waals surface area (Å²) in [6, 6.07) is 15.3. The van der Waals surface area contributed by atoms with Gasteiger partial charge in [-0.05, 0) is 48.9 Å². The molecule has 0 saturated heterocycles. The van der Waals surface area contributed by atoms with E-state index in [1.807, 2.05) is 55.5 Å². The van der Waals surface area contributed by atoms with Crippen molar-refractivity contribution in [1.82, 2.24) is 10.2 Å². The van der Waals surface area contributed by atoms with Gasteiger partial charge < -0.3 is 20.1 Å². The molecule has 0 saturated carbocycles. The number of aliphatic hydroxyl groups excluding tert-OH is 1. The standard InChI is InChI=1S/C23H28N2O4/c1-17(19-9-10-21-20(16-19)8-5-15-29-21)24-22(27)23(28)25(13-14-26)12-11-18-6-3-2-4-7-18/h2-4,6-7,9-10,16-17,26H,5,8,11-15H2,1H3,(H,24,27). The first-order chi connectivity index (χ1) is 14.1. The number of amides is 2. The SMILES string of the molecule is CC(NC(=O)C(=O)N(CCO)CCc1ccccc1)c1ccc2c(c1)CCCO2. The molecule has 1 aliphatic rings. The first kappa shape index (κ1) is 20.9. The number of benzene rings is 2. The molecule has 0 radical (unpaired) electrons. The number of carbonyl (C=O) groups is 2. The molecule has 1 atom stereocenters. The lowest BCUT2D eigenvalue weighted by Gasteiger charge is -2.23. The summed E-state index contributed by atoms with van der Waals surface area (Å²) in [5.41, 5.74) is 3.15. The molecule has 2 amide bonds. The second kappa shape index (κ2) is 10.1. The fraction of sp³-hybridized carbons (Fsp3) is 0.391. The molecule has 0 spiro atoms. The van der Waals surface area contributed by atoms with Gasteiger partial charge in [0.25, 0.3) is 0 Å². The van der Waals surface area contributed by atoms with Gasteiger partial charge >= 0.3 is 11.8 Å². The summed E-state index contributed by atoms with van der Waals surface area (Å²) in [6.45, 7) is 2.91. The predicted molar refractivity (Wildman–Crippen MR) is 111 cm³/mol. The molecule has 3 rings (SSSR count). The third-order valence-corrected chi connectivity index (χ3v) is 5.14. The first-order valence-corrected chi connectivity index (χ1v) is 10.1. The Balaban J connectivity index is 1.60. The van der Waals surface area contributed by atoms with Gasteiger partial charge in [-0.3, -0.25) is 9.59 Å². The zero-order valence-corrected chi connectivity index (χ0v) is 16.8. The quantitative estimate of drug-likeness (QED) is 0.704. The van der Waals surface area contributed by atoms with Crippen LogP contribution >= 0.6 is 0 Å². The minimum absolute atomic E-state index is 0.129. The van der Waals surface area contributed by atoms with Crippen LogP contribution in [-0.2, 0) is 22.4 Å². The van der Waals surface area contributed by atoms with Crippen LogP contribution in [0.25, 0.3) is 0 Å². The van der Waals surface area contributed by atoms with Gasteiger partial charge in [-0.15, -0.1) is 0 Å². The van der Waals surface area contributed by atoms with Crippen LogP contribution in [0, 0.1) is 0 Å². The fourth-order valence-electron chi connectivity index (χ4n) is 3.48. The van der Waals surface area contributed by atoms with Gasteiger partial charge in [0, 0.05) is 13.1 Å². The molecule has 6 nitrogen and oxygen atoms in total. The van der Waals surface area contributed by atoms with Crippen LogP contribution in [0.1, 0.15) is 36.1 Å². The van der Waals surface area contributed by atoms with Crippen LogP contribution in [0.4, 0.5) is 0 Å². The molecule has 0 fully saturated rings. The molecule has 2 aromatic carbocycles. The molecule has 154 valence electrons. The van der Waals surface area contributed by atoms with E-state index in [1.54, 1.807) is 0 Å². The molecule has 2 N–H and O–H groups in total. The molecular formula is C23H28N2O4. The van der Waals surface area contributed by atoms with Crippen LogP contribution in [-0.4, -0.2) is 48.1 Å². The molecule has 0 bridgehead atoms. The Morgan fingerprint density at radius 2 is 1.97 bits per heavy atom. The van der Waals surface area contributed by atoms with E-state index in [4.69, 9.17) is 4.74 Å². The summed E-state index contributed by atoms with van der Waals surface area (Å²) >= 11 is 0. The molecule has 29 heavy (non-hydrogen) atoms. The van der Waals surface area contributed by atoms with Crippen molar-refractivity contribution in [2.75, 3.05) is 26.3 Å². The smallest absolute Gasteiger partial charge is 0.311 e. The Bertz CT molecular complexity index is 838. The van der Waals surface area contributed by atoms with Gasteiger partial charge in [0.2, 0.25) is 0 Å². The number of ether oxygens (including phenoxy) is 1. The summed E-state index contributed by atoms with van der Waals surface area (Å²) in [4.78, 5) is 26.6. The van der Waals surface area contributed by atoms with E-state index in [-0.39, 0.29) is 19.2 Å². The van der Waals surface area contributed by atoms with Crippen LogP contribution < -0.4 is 10.1 Å².